The molecule has 2 aromatic rings. The lowest BCUT2D eigenvalue weighted by molar-refractivity contribution is 0.0601. The number of hydrogen-bond donors (Lipinski definition) is 1. The molecule has 0 spiro atoms. The Morgan fingerprint density at radius 1 is 1.29 bits per heavy atom. The molecular formula is C13H14N2O2. The zero-order valence-electron chi connectivity index (χ0n) is 9.81. The van der Waals surface area contributed by atoms with Crippen LogP contribution in [-0.4, -0.2) is 17.6 Å². The van der Waals surface area contributed by atoms with E-state index < -0.39 is 0 Å². The van der Waals surface area contributed by atoms with Crippen molar-refractivity contribution >= 4 is 11.7 Å². The number of anilines is 1. The monoisotopic (exact) mass is 230 g/mol. The van der Waals surface area contributed by atoms with Crippen molar-refractivity contribution in [2.24, 2.45) is 7.05 Å². The molecule has 17 heavy (non-hydrogen) atoms. The molecule has 0 saturated heterocycles. The number of carbonyl (C=O) groups is 1. The molecule has 4 nitrogen and oxygen atoms in total. The minimum Gasteiger partial charge on any atom is -0.465 e. The van der Waals surface area contributed by atoms with E-state index in [0.717, 1.165) is 11.3 Å². The van der Waals surface area contributed by atoms with Crippen LogP contribution in [0.2, 0.25) is 0 Å². The molecule has 88 valence electrons. The van der Waals surface area contributed by atoms with Crippen LogP contribution < -0.4 is 5.73 Å². The maximum atomic E-state index is 11.7. The van der Waals surface area contributed by atoms with Crippen molar-refractivity contribution in [2.75, 3.05) is 12.8 Å². The summed E-state index contributed by atoms with van der Waals surface area (Å²) in [6, 6.07) is 9.17. The predicted octanol–water partition coefficient (Wildman–Crippen LogP) is 2.06. The Hall–Kier alpha value is -2.23. The summed E-state index contributed by atoms with van der Waals surface area (Å²) in [7, 11) is 3.24. The molecule has 0 fully saturated rings. The first kappa shape index (κ1) is 11.3. The predicted molar refractivity (Wildman–Crippen MR) is 66.6 cm³/mol. The van der Waals surface area contributed by atoms with Crippen LogP contribution in [-0.2, 0) is 11.8 Å². The number of hydrogen-bond acceptors (Lipinski definition) is 3. The number of rotatable bonds is 2. The summed E-state index contributed by atoms with van der Waals surface area (Å²) in [5, 5.41) is 0. The summed E-state index contributed by atoms with van der Waals surface area (Å²) in [5.41, 5.74) is 8.69. The largest absolute Gasteiger partial charge is 0.465 e. The van der Waals surface area contributed by atoms with E-state index in [4.69, 9.17) is 10.5 Å². The van der Waals surface area contributed by atoms with Crippen molar-refractivity contribution in [3.8, 4) is 11.3 Å². The third kappa shape index (κ3) is 1.89. The Balaban J connectivity index is 2.63. The van der Waals surface area contributed by atoms with E-state index in [0.29, 0.717) is 11.3 Å². The van der Waals surface area contributed by atoms with Crippen molar-refractivity contribution in [3.05, 3.63) is 42.1 Å². The van der Waals surface area contributed by atoms with Crippen LogP contribution in [0.25, 0.3) is 11.3 Å². The van der Waals surface area contributed by atoms with Crippen LogP contribution >= 0.6 is 0 Å². The molecule has 1 aromatic carbocycles. The maximum absolute atomic E-state index is 11.7. The van der Waals surface area contributed by atoms with Gasteiger partial charge in [0.25, 0.3) is 0 Å². The third-order valence-corrected chi connectivity index (χ3v) is 2.69. The van der Waals surface area contributed by atoms with Gasteiger partial charge in [0.05, 0.1) is 18.4 Å². The van der Waals surface area contributed by atoms with Gasteiger partial charge in [-0.15, -0.1) is 0 Å². The average Bonchev–Trinajstić information content (AvgIpc) is 2.71. The lowest BCUT2D eigenvalue weighted by atomic mass is 10.1. The van der Waals surface area contributed by atoms with Gasteiger partial charge in [-0.25, -0.2) is 4.79 Å². The Morgan fingerprint density at radius 3 is 2.65 bits per heavy atom. The highest BCUT2D eigenvalue weighted by Crippen LogP contribution is 2.29. The molecule has 0 radical (unpaired) electrons. The molecule has 2 N–H and O–H groups in total. The highest BCUT2D eigenvalue weighted by atomic mass is 16.5. The van der Waals surface area contributed by atoms with Gasteiger partial charge in [0.1, 0.15) is 0 Å². The topological polar surface area (TPSA) is 57.2 Å². The van der Waals surface area contributed by atoms with E-state index in [-0.39, 0.29) is 5.97 Å². The second-order valence-corrected chi connectivity index (χ2v) is 3.77. The smallest absolute Gasteiger partial charge is 0.340 e. The minimum atomic E-state index is -0.358. The van der Waals surface area contributed by atoms with Crippen LogP contribution in [0.5, 0.6) is 0 Å². The number of benzene rings is 1. The van der Waals surface area contributed by atoms with E-state index in [2.05, 4.69) is 0 Å². The molecule has 0 aliphatic carbocycles. The highest BCUT2D eigenvalue weighted by Gasteiger charge is 2.17. The van der Waals surface area contributed by atoms with Crippen molar-refractivity contribution in [2.45, 2.75) is 0 Å². The fourth-order valence-corrected chi connectivity index (χ4v) is 1.85. The maximum Gasteiger partial charge on any atom is 0.340 e. The normalized spacial score (nSPS) is 10.2. The zero-order valence-corrected chi connectivity index (χ0v) is 9.81. The molecule has 0 bridgehead atoms. The number of methoxy groups -OCH3 is 1. The second kappa shape index (κ2) is 4.33. The van der Waals surface area contributed by atoms with Crippen molar-refractivity contribution < 1.29 is 9.53 Å². The van der Waals surface area contributed by atoms with Gasteiger partial charge in [-0.05, 0) is 12.1 Å². The van der Waals surface area contributed by atoms with Gasteiger partial charge in [0.2, 0.25) is 0 Å². The Kier molecular flexibility index (Phi) is 2.87. The molecule has 2 rings (SSSR count). The number of nitrogen functional groups attached to an aromatic ring is 1. The number of aryl methyl sites for hydroxylation is 1. The van der Waals surface area contributed by atoms with Gasteiger partial charge in [0.15, 0.2) is 0 Å². The van der Waals surface area contributed by atoms with E-state index in [1.54, 1.807) is 6.07 Å². The molecule has 1 heterocycles. The number of ether oxygens (including phenoxy) is 1. The summed E-state index contributed by atoms with van der Waals surface area (Å²) in [4.78, 5) is 11.7. The molecule has 0 unspecified atom stereocenters. The number of para-hydroxylation sites is 1. The lowest BCUT2D eigenvalue weighted by Gasteiger charge is -2.09. The first-order chi connectivity index (χ1) is 8.15. The van der Waals surface area contributed by atoms with Crippen LogP contribution in [0.15, 0.2) is 36.5 Å². The number of nitrogens with zero attached hydrogens (tertiary/aromatic N) is 1. The molecular weight excluding hydrogens is 216 g/mol. The van der Waals surface area contributed by atoms with Gasteiger partial charge in [-0.2, -0.15) is 0 Å². The Labute approximate surface area is 99.6 Å². The zero-order chi connectivity index (χ0) is 12.4. The molecule has 0 aliphatic rings. The lowest BCUT2D eigenvalue weighted by Crippen LogP contribution is -2.04. The van der Waals surface area contributed by atoms with Gasteiger partial charge < -0.3 is 15.0 Å². The fourth-order valence-electron chi connectivity index (χ4n) is 1.85. The number of esters is 1. The van der Waals surface area contributed by atoms with Crippen molar-refractivity contribution in [1.29, 1.82) is 0 Å². The molecule has 0 saturated carbocycles. The Bertz CT molecular complexity index is 558. The van der Waals surface area contributed by atoms with E-state index in [1.165, 1.54) is 7.11 Å². The van der Waals surface area contributed by atoms with Gasteiger partial charge in [-0.1, -0.05) is 18.2 Å². The van der Waals surface area contributed by atoms with Crippen molar-refractivity contribution in [3.63, 3.8) is 0 Å². The van der Waals surface area contributed by atoms with Crippen LogP contribution in [0, 0.1) is 0 Å². The second-order valence-electron chi connectivity index (χ2n) is 3.77. The number of carbonyl (C=O) groups excluding carboxylic acids is 1. The molecule has 0 aliphatic heterocycles. The first-order valence-corrected chi connectivity index (χ1v) is 5.23. The van der Waals surface area contributed by atoms with Crippen LogP contribution in [0.3, 0.4) is 0 Å². The van der Waals surface area contributed by atoms with Gasteiger partial charge in [-0.3, -0.25) is 0 Å². The van der Waals surface area contributed by atoms with Gasteiger partial charge in [0, 0.05) is 24.5 Å². The summed E-state index contributed by atoms with van der Waals surface area (Å²) < 4.78 is 6.62. The summed E-state index contributed by atoms with van der Waals surface area (Å²) >= 11 is 0. The summed E-state index contributed by atoms with van der Waals surface area (Å²) in [5.74, 6) is -0.358. The first-order valence-electron chi connectivity index (χ1n) is 5.23. The van der Waals surface area contributed by atoms with E-state index >= 15 is 0 Å². The Morgan fingerprint density at radius 2 is 2.00 bits per heavy atom. The van der Waals surface area contributed by atoms with Crippen molar-refractivity contribution in [1.82, 2.24) is 4.57 Å². The molecule has 1 aromatic heterocycles. The number of aromatic nitrogens is 1. The highest BCUT2D eigenvalue weighted by molar-refractivity contribution is 5.98. The van der Waals surface area contributed by atoms with E-state index in [9.17, 15) is 4.79 Å². The minimum absolute atomic E-state index is 0.358. The van der Waals surface area contributed by atoms with Crippen LogP contribution in [0.4, 0.5) is 5.69 Å². The molecule has 0 atom stereocenters. The van der Waals surface area contributed by atoms with Crippen LogP contribution in [0.1, 0.15) is 10.4 Å². The standard InChI is InChI=1S/C13H14N2O2/c1-15-8-7-10(13(16)17-2)12(15)9-5-3-4-6-11(9)14/h3-8H,14H2,1-2H3. The summed E-state index contributed by atoms with van der Waals surface area (Å²) in [6.45, 7) is 0. The van der Waals surface area contributed by atoms with E-state index in [1.807, 2.05) is 42.1 Å². The average molecular weight is 230 g/mol. The fraction of sp³-hybridized carbons (Fsp3) is 0.154. The third-order valence-electron chi connectivity index (χ3n) is 2.69. The molecule has 0 amide bonds. The number of nitrogens with two attached hydrogens (primary N) is 1. The van der Waals surface area contributed by atoms with Gasteiger partial charge >= 0.3 is 5.97 Å². The quantitative estimate of drug-likeness (QED) is 0.634. The molecule has 4 heteroatoms. The SMILES string of the molecule is COC(=O)c1ccn(C)c1-c1ccccc1N. The summed E-state index contributed by atoms with van der Waals surface area (Å²) in [6.07, 6.45) is 1.81.